The second-order valence-electron chi connectivity index (χ2n) is 12.1. The number of nitrogens with zero attached hydrogens (tertiary/aromatic N) is 6. The Morgan fingerprint density at radius 2 is 1.85 bits per heavy atom. The number of hydrogen-bond acceptors (Lipinski definition) is 8. The van der Waals surface area contributed by atoms with E-state index in [1.54, 1.807) is 6.92 Å². The highest BCUT2D eigenvalue weighted by molar-refractivity contribution is 5.92. The Balaban J connectivity index is 1.47. The number of amides is 1. The predicted octanol–water partition coefficient (Wildman–Crippen LogP) is 3.43. The highest BCUT2D eigenvalue weighted by Gasteiger charge is 2.50. The van der Waals surface area contributed by atoms with Crippen LogP contribution in [0.2, 0.25) is 0 Å². The molecule has 226 valence electrons. The van der Waals surface area contributed by atoms with Gasteiger partial charge in [-0.1, -0.05) is 20.8 Å². The van der Waals surface area contributed by atoms with Crippen molar-refractivity contribution in [3.8, 4) is 6.01 Å². The van der Waals surface area contributed by atoms with Gasteiger partial charge in [0.15, 0.2) is 0 Å². The monoisotopic (exact) mass is 577 g/mol. The van der Waals surface area contributed by atoms with E-state index in [-0.39, 0.29) is 35.4 Å². The molecule has 1 aromatic heterocycles. The highest BCUT2D eigenvalue weighted by Crippen LogP contribution is 2.44. The minimum Gasteiger partial charge on any atom is -0.462 e. The van der Waals surface area contributed by atoms with E-state index in [9.17, 15) is 18.0 Å². The number of fused-ring (bicyclic) bond motifs is 1. The molecule has 1 aromatic rings. The lowest BCUT2D eigenvalue weighted by atomic mass is 9.70. The average Bonchev–Trinajstić information content (AvgIpc) is 3.34. The molecule has 0 spiro atoms. The third-order valence-corrected chi connectivity index (χ3v) is 9.26. The van der Waals surface area contributed by atoms with Crippen LogP contribution in [0.5, 0.6) is 6.01 Å². The van der Waals surface area contributed by atoms with Crippen LogP contribution >= 0.6 is 0 Å². The Labute approximate surface area is 240 Å². The van der Waals surface area contributed by atoms with Crippen LogP contribution < -0.4 is 15.4 Å². The number of aromatic nitrogens is 2. The second-order valence-corrected chi connectivity index (χ2v) is 12.1. The van der Waals surface area contributed by atoms with Gasteiger partial charge in [-0.2, -0.15) is 23.1 Å². The van der Waals surface area contributed by atoms with Crippen molar-refractivity contribution in [1.29, 1.82) is 0 Å². The standard InChI is InChI=1S/C29H42F3N7O2/c1-5-24(40)38-9-11-39(12-10-38)27-21-13-17(2)20(26-25(29(30,31)32)18(3)14-23(33)35-26)15-22(21)34-28(36-27)41-16-19-7-6-8-37(19)4/h14,17-20,25H,5-13,15-16,33H2,1-4H3/t17-,18?,19+,20-,25?/m1/s1. The van der Waals surface area contributed by atoms with Gasteiger partial charge in [0.25, 0.3) is 0 Å². The summed E-state index contributed by atoms with van der Waals surface area (Å²) in [4.78, 5) is 32.5. The quantitative estimate of drug-likeness (QED) is 0.553. The van der Waals surface area contributed by atoms with Crippen LogP contribution in [0.3, 0.4) is 0 Å². The van der Waals surface area contributed by atoms with Crippen LogP contribution in [-0.4, -0.2) is 90.0 Å². The number of likely N-dealkylation sites (N-methyl/N-ethyl adjacent to an activating group) is 1. The number of hydrogen-bond donors (Lipinski definition) is 1. The van der Waals surface area contributed by atoms with Gasteiger partial charge in [-0.25, -0.2) is 4.99 Å². The molecule has 1 aliphatic carbocycles. The number of halogens is 3. The minimum absolute atomic E-state index is 0.102. The third kappa shape index (κ3) is 6.17. The number of ether oxygens (including phenoxy) is 1. The van der Waals surface area contributed by atoms with Gasteiger partial charge in [-0.15, -0.1) is 0 Å². The lowest BCUT2D eigenvalue weighted by Gasteiger charge is -2.40. The maximum absolute atomic E-state index is 14.3. The first-order valence-corrected chi connectivity index (χ1v) is 14.8. The van der Waals surface area contributed by atoms with Crippen molar-refractivity contribution in [1.82, 2.24) is 19.8 Å². The lowest BCUT2D eigenvalue weighted by Crippen LogP contribution is -2.49. The van der Waals surface area contributed by atoms with E-state index >= 15 is 0 Å². The van der Waals surface area contributed by atoms with E-state index in [0.717, 1.165) is 30.8 Å². The molecule has 2 unspecified atom stereocenters. The summed E-state index contributed by atoms with van der Waals surface area (Å²) >= 11 is 0. The fourth-order valence-electron chi connectivity index (χ4n) is 6.89. The number of carbonyl (C=O) groups excluding carboxylic acids is 1. The summed E-state index contributed by atoms with van der Waals surface area (Å²) in [6.07, 6.45) is 0.424. The van der Waals surface area contributed by atoms with Crippen LogP contribution in [0.25, 0.3) is 0 Å². The topological polar surface area (TPSA) is 100 Å². The molecular weight excluding hydrogens is 535 g/mol. The molecule has 4 aliphatic rings. The molecule has 5 rings (SSSR count). The largest absolute Gasteiger partial charge is 0.462 e. The van der Waals surface area contributed by atoms with E-state index in [2.05, 4.69) is 21.8 Å². The zero-order chi connectivity index (χ0) is 29.5. The van der Waals surface area contributed by atoms with Gasteiger partial charge < -0.3 is 25.2 Å². The summed E-state index contributed by atoms with van der Waals surface area (Å²) in [6, 6.07) is 0.528. The van der Waals surface area contributed by atoms with E-state index in [1.165, 1.54) is 6.08 Å². The van der Waals surface area contributed by atoms with Crippen molar-refractivity contribution in [2.75, 3.05) is 51.3 Å². The van der Waals surface area contributed by atoms with E-state index < -0.39 is 23.9 Å². The number of rotatable bonds is 6. The number of allylic oxidation sites excluding steroid dienone is 1. The molecule has 9 nitrogen and oxygen atoms in total. The van der Waals surface area contributed by atoms with Crippen molar-refractivity contribution < 1.29 is 22.7 Å². The Morgan fingerprint density at radius 1 is 1.12 bits per heavy atom. The fourth-order valence-corrected chi connectivity index (χ4v) is 6.89. The van der Waals surface area contributed by atoms with Crippen molar-refractivity contribution in [3.63, 3.8) is 0 Å². The molecule has 0 bridgehead atoms. The molecular formula is C29H42F3N7O2. The first-order chi connectivity index (χ1) is 19.5. The minimum atomic E-state index is -4.43. The summed E-state index contributed by atoms with van der Waals surface area (Å²) in [6.45, 7) is 9.31. The zero-order valence-electron chi connectivity index (χ0n) is 24.5. The van der Waals surface area contributed by atoms with Gasteiger partial charge in [0.2, 0.25) is 5.91 Å². The molecule has 2 N–H and O–H groups in total. The molecule has 0 aromatic carbocycles. The van der Waals surface area contributed by atoms with Gasteiger partial charge in [0, 0.05) is 55.8 Å². The van der Waals surface area contributed by atoms with Crippen molar-refractivity contribution in [3.05, 3.63) is 23.2 Å². The second kappa shape index (κ2) is 11.8. The smallest absolute Gasteiger partial charge is 0.397 e. The molecule has 12 heteroatoms. The van der Waals surface area contributed by atoms with Crippen LogP contribution in [0, 0.1) is 23.7 Å². The Hall–Kier alpha value is -2.89. The fraction of sp³-hybridized carbons (Fsp3) is 0.724. The zero-order valence-corrected chi connectivity index (χ0v) is 24.5. The SMILES string of the molecule is CCC(=O)N1CCN(c2nc(OC[C@@H]3CCCN3C)nc3c2C[C@@H](C)[C@H](C2=NC(N)=CC(C)C2C(F)(F)F)C3)CC1. The Bertz CT molecular complexity index is 1200. The maximum atomic E-state index is 14.3. The van der Waals surface area contributed by atoms with E-state index in [0.29, 0.717) is 57.7 Å². The number of carbonyl (C=O) groups is 1. The van der Waals surface area contributed by atoms with Crippen LogP contribution in [0.1, 0.15) is 51.3 Å². The van der Waals surface area contributed by atoms with Gasteiger partial charge in [0.1, 0.15) is 18.2 Å². The number of alkyl halides is 3. The van der Waals surface area contributed by atoms with Crippen LogP contribution in [0.4, 0.5) is 19.0 Å². The summed E-state index contributed by atoms with van der Waals surface area (Å²) in [5, 5.41) is 0. The van der Waals surface area contributed by atoms with Crippen molar-refractivity contribution in [2.45, 2.75) is 65.1 Å². The van der Waals surface area contributed by atoms with E-state index in [1.807, 2.05) is 18.7 Å². The third-order valence-electron chi connectivity index (χ3n) is 9.26. The Morgan fingerprint density at radius 3 is 2.49 bits per heavy atom. The van der Waals surface area contributed by atoms with Gasteiger partial charge in [0.05, 0.1) is 11.6 Å². The van der Waals surface area contributed by atoms with Gasteiger partial charge >= 0.3 is 12.2 Å². The molecule has 2 fully saturated rings. The molecule has 3 aliphatic heterocycles. The van der Waals surface area contributed by atoms with E-state index in [4.69, 9.17) is 20.4 Å². The number of likely N-dealkylation sites (tertiary alicyclic amines) is 1. The number of aliphatic imine (C=N–C) groups is 1. The average molecular weight is 578 g/mol. The molecule has 5 atom stereocenters. The summed E-state index contributed by atoms with van der Waals surface area (Å²) < 4.78 is 49.0. The van der Waals surface area contributed by atoms with Crippen molar-refractivity contribution in [2.24, 2.45) is 34.4 Å². The molecule has 4 heterocycles. The van der Waals surface area contributed by atoms with Gasteiger partial charge in [-0.3, -0.25) is 4.79 Å². The van der Waals surface area contributed by atoms with Crippen LogP contribution in [-0.2, 0) is 17.6 Å². The first kappa shape index (κ1) is 29.6. The summed E-state index contributed by atoms with van der Waals surface area (Å²) in [7, 11) is 2.08. The lowest BCUT2D eigenvalue weighted by molar-refractivity contribution is -0.164. The number of nitrogens with two attached hydrogens (primary N) is 1. The molecule has 2 saturated heterocycles. The van der Waals surface area contributed by atoms with Crippen LogP contribution in [0.15, 0.2) is 16.9 Å². The highest BCUT2D eigenvalue weighted by atomic mass is 19.4. The Kier molecular flexibility index (Phi) is 8.50. The summed E-state index contributed by atoms with van der Waals surface area (Å²) in [5.74, 6) is -2.01. The summed E-state index contributed by atoms with van der Waals surface area (Å²) in [5.41, 5.74) is 7.75. The number of piperazine rings is 1. The molecule has 0 saturated carbocycles. The molecule has 0 radical (unpaired) electrons. The first-order valence-electron chi connectivity index (χ1n) is 14.8. The predicted molar refractivity (Wildman–Crippen MR) is 151 cm³/mol. The molecule has 41 heavy (non-hydrogen) atoms. The normalized spacial score (nSPS) is 29.2. The number of anilines is 1. The van der Waals surface area contributed by atoms with Gasteiger partial charge in [-0.05, 0) is 57.2 Å². The van der Waals surface area contributed by atoms with Crippen molar-refractivity contribution >= 4 is 17.4 Å². The molecule has 1 amide bonds. The maximum Gasteiger partial charge on any atom is 0.397 e.